The van der Waals surface area contributed by atoms with Gasteiger partial charge in [0, 0.05) is 41.6 Å². The molecule has 146 valence electrons. The predicted octanol–water partition coefficient (Wildman–Crippen LogP) is 5.36. The highest BCUT2D eigenvalue weighted by atomic mass is 35.5. The molecule has 0 unspecified atom stereocenters. The van der Waals surface area contributed by atoms with Gasteiger partial charge in [-0.05, 0) is 36.4 Å². The second kappa shape index (κ2) is 9.24. The Kier molecular flexibility index (Phi) is 6.50. The Morgan fingerprint density at radius 1 is 1.03 bits per heavy atom. The van der Waals surface area contributed by atoms with Gasteiger partial charge in [-0.2, -0.15) is 5.26 Å². The van der Waals surface area contributed by atoms with E-state index in [9.17, 15) is 10.1 Å². The molecule has 2 N–H and O–H groups in total. The van der Waals surface area contributed by atoms with Gasteiger partial charge in [-0.25, -0.2) is 4.98 Å². The number of nitriles is 1. The fraction of sp³-hybridized carbons (Fsp3) is 0.100. The van der Waals surface area contributed by atoms with E-state index in [1.165, 1.54) is 12.3 Å². The molecule has 3 rings (SSSR count). The number of pyridine rings is 1. The van der Waals surface area contributed by atoms with Crippen molar-refractivity contribution in [2.75, 3.05) is 23.7 Å². The molecule has 0 bridgehead atoms. The number of nitrogens with zero attached hydrogens (tertiary/aromatic N) is 3. The Morgan fingerprint density at radius 3 is 2.48 bits per heavy atom. The van der Waals surface area contributed by atoms with Gasteiger partial charge in [-0.3, -0.25) is 10.1 Å². The number of rotatable bonds is 7. The zero-order valence-corrected chi connectivity index (χ0v) is 16.5. The maximum Gasteiger partial charge on any atom is 0.277 e. The van der Waals surface area contributed by atoms with Crippen molar-refractivity contribution in [1.29, 1.82) is 5.26 Å². The highest BCUT2D eigenvalue weighted by Gasteiger charge is 2.18. The minimum Gasteiger partial charge on any atom is -0.383 e. The van der Waals surface area contributed by atoms with Crippen LogP contribution in [0.5, 0.6) is 0 Å². The standard InChI is InChI=1S/C20H15Cl2N5O2/c21-14-2-4-16(18(22)9-14)17-10-15(3-5-19(17)27(28)29)24-7-8-25-20-6-1-13(11-23)12-26-20/h1-6,9-10,12,24H,7-8H2,(H,25,26). The number of nitrogens with one attached hydrogen (secondary N) is 2. The molecule has 0 aliphatic heterocycles. The van der Waals surface area contributed by atoms with E-state index in [2.05, 4.69) is 15.6 Å². The van der Waals surface area contributed by atoms with Gasteiger partial charge in [0.25, 0.3) is 5.69 Å². The first kappa shape index (κ1) is 20.4. The number of halogens is 2. The quantitative estimate of drug-likeness (QED) is 0.298. The monoisotopic (exact) mass is 427 g/mol. The van der Waals surface area contributed by atoms with E-state index in [1.807, 2.05) is 6.07 Å². The average molecular weight is 428 g/mol. The van der Waals surface area contributed by atoms with Crippen LogP contribution in [0, 0.1) is 21.4 Å². The Morgan fingerprint density at radius 2 is 1.83 bits per heavy atom. The number of nitro benzene ring substituents is 1. The van der Waals surface area contributed by atoms with Crippen LogP contribution in [0.1, 0.15) is 5.56 Å². The van der Waals surface area contributed by atoms with E-state index in [0.29, 0.717) is 51.3 Å². The molecule has 9 heteroatoms. The van der Waals surface area contributed by atoms with Gasteiger partial charge in [-0.1, -0.05) is 29.3 Å². The highest BCUT2D eigenvalue weighted by Crippen LogP contribution is 2.37. The number of anilines is 2. The molecule has 0 atom stereocenters. The zero-order chi connectivity index (χ0) is 20.8. The molecule has 0 saturated heterocycles. The van der Waals surface area contributed by atoms with Crippen molar-refractivity contribution < 1.29 is 4.92 Å². The first-order valence-corrected chi connectivity index (χ1v) is 9.31. The van der Waals surface area contributed by atoms with E-state index >= 15 is 0 Å². The van der Waals surface area contributed by atoms with E-state index in [-0.39, 0.29) is 5.69 Å². The number of hydrogen-bond acceptors (Lipinski definition) is 6. The van der Waals surface area contributed by atoms with Crippen LogP contribution in [0.25, 0.3) is 11.1 Å². The van der Waals surface area contributed by atoms with Crippen LogP contribution in [0.4, 0.5) is 17.2 Å². The molecule has 7 nitrogen and oxygen atoms in total. The van der Waals surface area contributed by atoms with Crippen molar-refractivity contribution in [1.82, 2.24) is 4.98 Å². The Hall–Kier alpha value is -3.34. The van der Waals surface area contributed by atoms with Gasteiger partial charge < -0.3 is 10.6 Å². The van der Waals surface area contributed by atoms with Crippen molar-refractivity contribution in [2.45, 2.75) is 0 Å². The van der Waals surface area contributed by atoms with Gasteiger partial charge in [-0.15, -0.1) is 0 Å². The fourth-order valence-corrected chi connectivity index (χ4v) is 3.20. The summed E-state index contributed by atoms with van der Waals surface area (Å²) in [6.45, 7) is 1.11. The summed E-state index contributed by atoms with van der Waals surface area (Å²) in [6, 6.07) is 15.1. The average Bonchev–Trinajstić information content (AvgIpc) is 2.71. The summed E-state index contributed by atoms with van der Waals surface area (Å²) < 4.78 is 0. The number of nitro groups is 1. The summed E-state index contributed by atoms with van der Waals surface area (Å²) >= 11 is 12.2. The van der Waals surface area contributed by atoms with Crippen molar-refractivity contribution in [3.8, 4) is 17.2 Å². The second-order valence-electron chi connectivity index (χ2n) is 6.01. The Balaban J connectivity index is 1.71. The molecule has 0 spiro atoms. The minimum absolute atomic E-state index is 0.0420. The molecule has 0 fully saturated rings. The molecule has 0 amide bonds. The van der Waals surface area contributed by atoms with E-state index in [4.69, 9.17) is 28.5 Å². The zero-order valence-electron chi connectivity index (χ0n) is 15.0. The van der Waals surface area contributed by atoms with Crippen molar-refractivity contribution in [3.63, 3.8) is 0 Å². The smallest absolute Gasteiger partial charge is 0.277 e. The van der Waals surface area contributed by atoms with Crippen LogP contribution in [0.3, 0.4) is 0 Å². The molecule has 0 aliphatic carbocycles. The molecule has 2 aromatic carbocycles. The van der Waals surface area contributed by atoms with Crippen LogP contribution in [-0.2, 0) is 0 Å². The summed E-state index contributed by atoms with van der Waals surface area (Å²) in [7, 11) is 0. The normalized spacial score (nSPS) is 10.2. The fourth-order valence-electron chi connectivity index (χ4n) is 2.69. The lowest BCUT2D eigenvalue weighted by Gasteiger charge is -2.11. The van der Waals surface area contributed by atoms with Crippen molar-refractivity contribution in [3.05, 3.63) is 80.5 Å². The topological polar surface area (TPSA) is 104 Å². The predicted molar refractivity (Wildman–Crippen MR) is 114 cm³/mol. The van der Waals surface area contributed by atoms with Gasteiger partial charge in [0.15, 0.2) is 0 Å². The molecule has 1 aromatic heterocycles. The van der Waals surface area contributed by atoms with Gasteiger partial charge in [0.1, 0.15) is 11.9 Å². The number of hydrogen-bond donors (Lipinski definition) is 2. The van der Waals surface area contributed by atoms with Gasteiger partial charge >= 0.3 is 0 Å². The molecule has 29 heavy (non-hydrogen) atoms. The van der Waals surface area contributed by atoms with Crippen LogP contribution in [-0.4, -0.2) is 23.0 Å². The molecule has 1 heterocycles. The third-order valence-corrected chi connectivity index (χ3v) is 4.62. The maximum atomic E-state index is 11.4. The largest absolute Gasteiger partial charge is 0.383 e. The van der Waals surface area contributed by atoms with E-state index < -0.39 is 4.92 Å². The number of aromatic nitrogens is 1. The first-order chi connectivity index (χ1) is 14.0. The lowest BCUT2D eigenvalue weighted by molar-refractivity contribution is -0.384. The van der Waals surface area contributed by atoms with Gasteiger partial charge in [0.2, 0.25) is 0 Å². The lowest BCUT2D eigenvalue weighted by Crippen LogP contribution is -2.14. The molecular formula is C20H15Cl2N5O2. The SMILES string of the molecule is N#Cc1ccc(NCCNc2ccc([N+](=O)[O-])c(-c3ccc(Cl)cc3Cl)c2)nc1. The van der Waals surface area contributed by atoms with E-state index in [0.717, 1.165) is 0 Å². The van der Waals surface area contributed by atoms with Gasteiger partial charge in [0.05, 0.1) is 21.1 Å². The molecule has 0 aliphatic rings. The van der Waals surface area contributed by atoms with Crippen LogP contribution in [0.2, 0.25) is 10.0 Å². The van der Waals surface area contributed by atoms with Crippen LogP contribution in [0.15, 0.2) is 54.7 Å². The Labute approximate surface area is 177 Å². The van der Waals surface area contributed by atoms with Crippen LogP contribution < -0.4 is 10.6 Å². The van der Waals surface area contributed by atoms with Crippen LogP contribution >= 0.6 is 23.2 Å². The summed E-state index contributed by atoms with van der Waals surface area (Å²) in [5.41, 5.74) is 2.11. The van der Waals surface area contributed by atoms with E-state index in [1.54, 1.807) is 42.5 Å². The lowest BCUT2D eigenvalue weighted by atomic mass is 10.0. The summed E-state index contributed by atoms with van der Waals surface area (Å²) in [4.78, 5) is 15.1. The second-order valence-corrected chi connectivity index (χ2v) is 6.85. The van der Waals surface area contributed by atoms with Crippen molar-refractivity contribution >= 4 is 40.4 Å². The summed E-state index contributed by atoms with van der Waals surface area (Å²) in [5.74, 6) is 0.656. The number of benzene rings is 2. The first-order valence-electron chi connectivity index (χ1n) is 8.55. The molecule has 0 saturated carbocycles. The molecular weight excluding hydrogens is 413 g/mol. The summed E-state index contributed by atoms with van der Waals surface area (Å²) in [6.07, 6.45) is 1.49. The maximum absolute atomic E-state index is 11.4. The highest BCUT2D eigenvalue weighted by molar-refractivity contribution is 6.36. The molecule has 0 radical (unpaired) electrons. The third-order valence-electron chi connectivity index (χ3n) is 4.07. The third kappa shape index (κ3) is 5.13. The Bertz CT molecular complexity index is 1080. The minimum atomic E-state index is -0.442. The molecule has 3 aromatic rings. The summed E-state index contributed by atoms with van der Waals surface area (Å²) in [5, 5.41) is 27.3. The van der Waals surface area contributed by atoms with Crippen molar-refractivity contribution in [2.24, 2.45) is 0 Å².